The van der Waals surface area contributed by atoms with Crippen molar-refractivity contribution < 1.29 is 9.90 Å². The minimum Gasteiger partial charge on any atom is -0.481 e. The quantitative estimate of drug-likeness (QED) is 0.850. The number of carboxylic acids is 1. The van der Waals surface area contributed by atoms with Crippen molar-refractivity contribution in [3.05, 3.63) is 34.9 Å². The molecule has 4 heteroatoms. The maximum atomic E-state index is 11.0. The fourth-order valence-corrected chi connectivity index (χ4v) is 2.25. The lowest BCUT2D eigenvalue weighted by Crippen LogP contribution is -2.44. The molecule has 3 nitrogen and oxygen atoms in total. The lowest BCUT2D eigenvalue weighted by atomic mass is 9.73. The van der Waals surface area contributed by atoms with Gasteiger partial charge in [0.2, 0.25) is 0 Å². The molecule has 2 atom stereocenters. The minimum absolute atomic E-state index is 0.00233. The standard InChI is InChI=1S/C13H18ClNO2/c1-3-11(15)13(2,8-12(16)17)9-5-4-6-10(14)7-9/h4-7,11H,3,8,15H2,1-2H3,(H,16,17). The molecular weight excluding hydrogens is 238 g/mol. The fraction of sp³-hybridized carbons (Fsp3) is 0.462. The molecule has 0 amide bonds. The number of benzene rings is 1. The highest BCUT2D eigenvalue weighted by molar-refractivity contribution is 6.30. The molecule has 0 aliphatic heterocycles. The second-order valence-corrected chi connectivity index (χ2v) is 4.95. The molecule has 0 heterocycles. The summed E-state index contributed by atoms with van der Waals surface area (Å²) < 4.78 is 0. The second kappa shape index (κ2) is 5.52. The number of hydrogen-bond donors (Lipinski definition) is 2. The van der Waals surface area contributed by atoms with Crippen LogP contribution in [0.4, 0.5) is 0 Å². The van der Waals surface area contributed by atoms with Crippen molar-refractivity contribution in [1.29, 1.82) is 0 Å². The van der Waals surface area contributed by atoms with Gasteiger partial charge in [0.15, 0.2) is 0 Å². The van der Waals surface area contributed by atoms with E-state index in [1.54, 1.807) is 12.1 Å². The summed E-state index contributed by atoms with van der Waals surface area (Å²) in [5.74, 6) is -0.851. The predicted octanol–water partition coefficient (Wildman–Crippen LogP) is 2.81. The van der Waals surface area contributed by atoms with E-state index in [1.807, 2.05) is 26.0 Å². The Kier molecular flexibility index (Phi) is 4.54. The van der Waals surface area contributed by atoms with Crippen molar-refractivity contribution in [2.75, 3.05) is 0 Å². The highest BCUT2D eigenvalue weighted by atomic mass is 35.5. The largest absolute Gasteiger partial charge is 0.481 e. The molecule has 1 aromatic rings. The van der Waals surface area contributed by atoms with Crippen molar-refractivity contribution >= 4 is 17.6 Å². The highest BCUT2D eigenvalue weighted by Gasteiger charge is 2.35. The molecule has 0 aliphatic rings. The topological polar surface area (TPSA) is 63.3 Å². The van der Waals surface area contributed by atoms with Crippen LogP contribution >= 0.6 is 11.6 Å². The van der Waals surface area contributed by atoms with Crippen LogP contribution in [0.25, 0.3) is 0 Å². The van der Waals surface area contributed by atoms with Crippen LogP contribution in [0.2, 0.25) is 5.02 Å². The Balaban J connectivity index is 3.18. The van der Waals surface area contributed by atoms with Gasteiger partial charge in [-0.1, -0.05) is 37.6 Å². The molecule has 1 rings (SSSR count). The van der Waals surface area contributed by atoms with Gasteiger partial charge in [0, 0.05) is 16.5 Å². The molecule has 0 radical (unpaired) electrons. The molecule has 0 aliphatic carbocycles. The van der Waals surface area contributed by atoms with Gasteiger partial charge in [0.1, 0.15) is 0 Å². The number of carbonyl (C=O) groups is 1. The molecule has 0 spiro atoms. The lowest BCUT2D eigenvalue weighted by Gasteiger charge is -2.34. The molecule has 3 N–H and O–H groups in total. The average Bonchev–Trinajstić information content (AvgIpc) is 2.26. The van der Waals surface area contributed by atoms with Gasteiger partial charge in [0.05, 0.1) is 6.42 Å². The summed E-state index contributed by atoms with van der Waals surface area (Å²) >= 11 is 5.95. The van der Waals surface area contributed by atoms with E-state index in [1.165, 1.54) is 0 Å². The Hall–Kier alpha value is -1.06. The number of carboxylic acid groups (broad SMARTS) is 1. The number of aliphatic carboxylic acids is 1. The van der Waals surface area contributed by atoms with E-state index < -0.39 is 11.4 Å². The normalized spacial score (nSPS) is 16.2. The zero-order valence-electron chi connectivity index (χ0n) is 10.1. The van der Waals surface area contributed by atoms with Crippen LogP contribution in [0.3, 0.4) is 0 Å². The van der Waals surface area contributed by atoms with E-state index in [-0.39, 0.29) is 12.5 Å². The van der Waals surface area contributed by atoms with Gasteiger partial charge in [-0.25, -0.2) is 0 Å². The molecule has 0 fully saturated rings. The number of halogens is 1. The predicted molar refractivity (Wildman–Crippen MR) is 69.3 cm³/mol. The van der Waals surface area contributed by atoms with E-state index in [0.717, 1.165) is 12.0 Å². The van der Waals surface area contributed by atoms with Gasteiger partial charge in [-0.3, -0.25) is 4.79 Å². The third-order valence-electron chi connectivity index (χ3n) is 3.26. The molecule has 94 valence electrons. The first-order chi connectivity index (χ1) is 7.90. The number of nitrogens with two attached hydrogens (primary N) is 1. The Morgan fingerprint density at radius 2 is 2.24 bits per heavy atom. The van der Waals surface area contributed by atoms with E-state index in [9.17, 15) is 4.79 Å². The third kappa shape index (κ3) is 3.20. The van der Waals surface area contributed by atoms with Crippen LogP contribution in [0.1, 0.15) is 32.3 Å². The zero-order chi connectivity index (χ0) is 13.1. The summed E-state index contributed by atoms with van der Waals surface area (Å²) in [6, 6.07) is 7.05. The average molecular weight is 256 g/mol. The van der Waals surface area contributed by atoms with Crippen molar-refractivity contribution in [3.8, 4) is 0 Å². The van der Waals surface area contributed by atoms with Crippen LogP contribution < -0.4 is 5.73 Å². The Morgan fingerprint density at radius 3 is 2.71 bits per heavy atom. The monoisotopic (exact) mass is 255 g/mol. The van der Waals surface area contributed by atoms with Crippen molar-refractivity contribution in [1.82, 2.24) is 0 Å². The summed E-state index contributed by atoms with van der Waals surface area (Å²) in [6.07, 6.45) is 0.721. The Labute approximate surface area is 107 Å². The summed E-state index contributed by atoms with van der Waals surface area (Å²) in [5.41, 5.74) is 6.36. The summed E-state index contributed by atoms with van der Waals surface area (Å²) in [4.78, 5) is 11.0. The molecule has 0 saturated carbocycles. The summed E-state index contributed by atoms with van der Waals surface area (Å²) in [5, 5.41) is 9.64. The SMILES string of the molecule is CCC(N)C(C)(CC(=O)O)c1cccc(Cl)c1. The Bertz CT molecular complexity index is 408. The van der Waals surface area contributed by atoms with Crippen LogP contribution in [-0.4, -0.2) is 17.1 Å². The van der Waals surface area contributed by atoms with E-state index in [0.29, 0.717) is 5.02 Å². The van der Waals surface area contributed by atoms with Gasteiger partial charge >= 0.3 is 5.97 Å². The highest BCUT2D eigenvalue weighted by Crippen LogP contribution is 2.33. The van der Waals surface area contributed by atoms with E-state index in [4.69, 9.17) is 22.4 Å². The first kappa shape index (κ1) is 14.0. The molecular formula is C13H18ClNO2. The number of rotatable bonds is 5. The maximum absolute atomic E-state index is 11.0. The van der Waals surface area contributed by atoms with Crippen LogP contribution in [0.5, 0.6) is 0 Å². The maximum Gasteiger partial charge on any atom is 0.304 e. The third-order valence-corrected chi connectivity index (χ3v) is 3.50. The number of hydrogen-bond acceptors (Lipinski definition) is 2. The van der Waals surface area contributed by atoms with Gasteiger partial charge in [-0.2, -0.15) is 0 Å². The summed E-state index contributed by atoms with van der Waals surface area (Å²) in [7, 11) is 0. The molecule has 17 heavy (non-hydrogen) atoms. The van der Waals surface area contributed by atoms with Gasteiger partial charge in [-0.15, -0.1) is 0 Å². The second-order valence-electron chi connectivity index (χ2n) is 4.51. The van der Waals surface area contributed by atoms with E-state index in [2.05, 4.69) is 0 Å². The van der Waals surface area contributed by atoms with Crippen LogP contribution in [0.15, 0.2) is 24.3 Å². The van der Waals surface area contributed by atoms with Crippen molar-refractivity contribution in [2.45, 2.75) is 38.1 Å². The van der Waals surface area contributed by atoms with Crippen molar-refractivity contribution in [2.24, 2.45) is 5.73 Å². The van der Waals surface area contributed by atoms with E-state index >= 15 is 0 Å². The smallest absolute Gasteiger partial charge is 0.304 e. The van der Waals surface area contributed by atoms with Gasteiger partial charge in [0.25, 0.3) is 0 Å². The minimum atomic E-state index is -0.851. The van der Waals surface area contributed by atoms with Gasteiger partial charge < -0.3 is 10.8 Å². The lowest BCUT2D eigenvalue weighted by molar-refractivity contribution is -0.138. The van der Waals surface area contributed by atoms with Crippen molar-refractivity contribution in [3.63, 3.8) is 0 Å². The van der Waals surface area contributed by atoms with Crippen LogP contribution in [0, 0.1) is 0 Å². The first-order valence-electron chi connectivity index (χ1n) is 5.63. The molecule has 0 aromatic heterocycles. The molecule has 0 saturated heterocycles. The first-order valence-corrected chi connectivity index (χ1v) is 6.01. The van der Waals surface area contributed by atoms with Crippen LogP contribution in [-0.2, 0) is 10.2 Å². The summed E-state index contributed by atoms with van der Waals surface area (Å²) in [6.45, 7) is 3.83. The molecule has 1 aromatic carbocycles. The fourth-order valence-electron chi connectivity index (χ4n) is 2.06. The van der Waals surface area contributed by atoms with Gasteiger partial charge in [-0.05, 0) is 24.1 Å². The molecule has 0 bridgehead atoms. The Morgan fingerprint density at radius 1 is 1.59 bits per heavy atom. The molecule has 2 unspecified atom stereocenters. The zero-order valence-corrected chi connectivity index (χ0v) is 10.9.